The molecule has 16 heavy (non-hydrogen) atoms. The summed E-state index contributed by atoms with van der Waals surface area (Å²) in [5.41, 5.74) is 0.959. The van der Waals surface area contributed by atoms with E-state index in [9.17, 15) is 8.78 Å². The largest absolute Gasteiger partial charge is 0.508 e. The van der Waals surface area contributed by atoms with Gasteiger partial charge in [-0.05, 0) is 29.7 Å². The van der Waals surface area contributed by atoms with Gasteiger partial charge in [0.15, 0.2) is 0 Å². The van der Waals surface area contributed by atoms with Crippen LogP contribution < -0.4 is 0 Å². The Balaban J connectivity index is 2.71. The molecule has 0 radical (unpaired) electrons. The lowest BCUT2D eigenvalue weighted by Gasteiger charge is -2.03. The summed E-state index contributed by atoms with van der Waals surface area (Å²) in [7, 11) is 0. The number of hydrogen-bond donors (Lipinski definition) is 1. The summed E-state index contributed by atoms with van der Waals surface area (Å²) in [6, 6.07) is 6.30. The summed E-state index contributed by atoms with van der Waals surface area (Å²) in [5.74, 6) is -1.42. The van der Waals surface area contributed by atoms with Gasteiger partial charge in [0.2, 0.25) is 0 Å². The van der Waals surface area contributed by atoms with Crippen LogP contribution in [0.25, 0.3) is 0 Å². The third-order valence-corrected chi connectivity index (χ3v) is 1.97. The van der Waals surface area contributed by atoms with E-state index in [0.29, 0.717) is 6.08 Å². The SMILES string of the molecule is C=C(F)/C=C(/F)C(=C)Cc1ccc(O)cc1. The molecule has 0 fully saturated rings. The molecule has 0 aliphatic rings. The number of aromatic hydroxyl groups is 1. The van der Waals surface area contributed by atoms with Crippen LogP contribution in [0.5, 0.6) is 5.75 Å². The van der Waals surface area contributed by atoms with E-state index in [1.165, 1.54) is 12.1 Å². The fourth-order valence-electron chi connectivity index (χ4n) is 1.18. The monoisotopic (exact) mass is 222 g/mol. The van der Waals surface area contributed by atoms with E-state index < -0.39 is 11.7 Å². The topological polar surface area (TPSA) is 20.2 Å². The lowest BCUT2D eigenvalue weighted by atomic mass is 10.1. The average Bonchev–Trinajstić information content (AvgIpc) is 2.20. The van der Waals surface area contributed by atoms with Crippen molar-refractivity contribution in [1.82, 2.24) is 0 Å². The van der Waals surface area contributed by atoms with Gasteiger partial charge in [-0.1, -0.05) is 25.3 Å². The molecule has 0 amide bonds. The molecule has 0 spiro atoms. The zero-order valence-electron chi connectivity index (χ0n) is 8.71. The van der Waals surface area contributed by atoms with Crippen molar-refractivity contribution >= 4 is 0 Å². The number of phenolic OH excluding ortho intramolecular Hbond substituents is 1. The molecule has 84 valence electrons. The van der Waals surface area contributed by atoms with Gasteiger partial charge < -0.3 is 5.11 Å². The molecular weight excluding hydrogens is 210 g/mol. The molecule has 0 saturated carbocycles. The molecule has 1 rings (SSSR count). The van der Waals surface area contributed by atoms with Crippen molar-refractivity contribution in [2.45, 2.75) is 6.42 Å². The van der Waals surface area contributed by atoms with Crippen LogP contribution in [-0.2, 0) is 6.42 Å². The van der Waals surface area contributed by atoms with Crippen LogP contribution in [0.15, 0.2) is 60.7 Å². The van der Waals surface area contributed by atoms with E-state index >= 15 is 0 Å². The molecule has 0 aromatic heterocycles. The Morgan fingerprint density at radius 2 is 1.75 bits per heavy atom. The van der Waals surface area contributed by atoms with Crippen LogP contribution in [0.2, 0.25) is 0 Å². The summed E-state index contributed by atoms with van der Waals surface area (Å²) in [5, 5.41) is 9.05. The smallest absolute Gasteiger partial charge is 0.129 e. The van der Waals surface area contributed by atoms with E-state index in [1.54, 1.807) is 12.1 Å². The number of benzene rings is 1. The number of phenols is 1. The molecule has 0 heterocycles. The van der Waals surface area contributed by atoms with Crippen LogP contribution in [0.3, 0.4) is 0 Å². The minimum atomic E-state index is -0.843. The van der Waals surface area contributed by atoms with Gasteiger partial charge in [0.25, 0.3) is 0 Å². The fourth-order valence-corrected chi connectivity index (χ4v) is 1.18. The first-order valence-electron chi connectivity index (χ1n) is 4.66. The number of halogens is 2. The Morgan fingerprint density at radius 1 is 1.19 bits per heavy atom. The van der Waals surface area contributed by atoms with Crippen LogP contribution >= 0.6 is 0 Å². The van der Waals surface area contributed by atoms with Crippen molar-refractivity contribution in [1.29, 1.82) is 0 Å². The van der Waals surface area contributed by atoms with Gasteiger partial charge in [0, 0.05) is 6.08 Å². The highest BCUT2D eigenvalue weighted by atomic mass is 19.1. The van der Waals surface area contributed by atoms with Crippen molar-refractivity contribution < 1.29 is 13.9 Å². The Hall–Kier alpha value is -1.90. The summed E-state index contributed by atoms with van der Waals surface area (Å²) in [6.45, 7) is 6.45. The maximum absolute atomic E-state index is 13.2. The molecular formula is C13H12F2O. The van der Waals surface area contributed by atoms with Gasteiger partial charge in [-0.25, -0.2) is 8.78 Å². The molecule has 1 aromatic rings. The van der Waals surface area contributed by atoms with Crippen LogP contribution in [0, 0.1) is 0 Å². The summed E-state index contributed by atoms with van der Waals surface area (Å²) in [4.78, 5) is 0. The maximum Gasteiger partial charge on any atom is 0.129 e. The summed E-state index contributed by atoms with van der Waals surface area (Å²) >= 11 is 0. The Bertz CT molecular complexity index is 430. The summed E-state index contributed by atoms with van der Waals surface area (Å²) < 4.78 is 25.5. The van der Waals surface area contributed by atoms with Gasteiger partial charge in [0.05, 0.1) is 0 Å². The lowest BCUT2D eigenvalue weighted by Crippen LogP contribution is -1.90. The first-order chi connectivity index (χ1) is 7.49. The third-order valence-electron chi connectivity index (χ3n) is 1.97. The predicted molar refractivity (Wildman–Crippen MR) is 60.4 cm³/mol. The van der Waals surface area contributed by atoms with Gasteiger partial charge in [0.1, 0.15) is 17.4 Å². The number of rotatable bonds is 4. The fraction of sp³-hybridized carbons (Fsp3) is 0.0769. The van der Waals surface area contributed by atoms with Crippen molar-refractivity contribution in [2.24, 2.45) is 0 Å². The lowest BCUT2D eigenvalue weighted by molar-refractivity contribution is 0.475. The van der Waals surface area contributed by atoms with Crippen molar-refractivity contribution in [3.63, 3.8) is 0 Å². The first-order valence-corrected chi connectivity index (χ1v) is 4.66. The molecule has 3 heteroatoms. The molecule has 1 nitrogen and oxygen atoms in total. The highest BCUT2D eigenvalue weighted by Crippen LogP contribution is 2.19. The van der Waals surface area contributed by atoms with Crippen LogP contribution in [0.4, 0.5) is 8.78 Å². The Morgan fingerprint density at radius 3 is 2.25 bits per heavy atom. The second-order valence-electron chi connectivity index (χ2n) is 3.39. The minimum absolute atomic E-state index is 0.141. The van der Waals surface area contributed by atoms with E-state index in [-0.39, 0.29) is 17.7 Å². The molecule has 1 aromatic carbocycles. The highest BCUT2D eigenvalue weighted by Gasteiger charge is 2.04. The molecule has 0 unspecified atom stereocenters. The normalized spacial score (nSPS) is 11.2. The zero-order chi connectivity index (χ0) is 12.1. The minimum Gasteiger partial charge on any atom is -0.508 e. The Labute approximate surface area is 93.0 Å². The van der Waals surface area contributed by atoms with Gasteiger partial charge >= 0.3 is 0 Å². The van der Waals surface area contributed by atoms with E-state index in [4.69, 9.17) is 5.11 Å². The van der Waals surface area contributed by atoms with Crippen molar-refractivity contribution in [2.75, 3.05) is 0 Å². The van der Waals surface area contributed by atoms with Gasteiger partial charge in [-0.15, -0.1) is 0 Å². The van der Waals surface area contributed by atoms with Crippen molar-refractivity contribution in [3.05, 3.63) is 66.3 Å². The van der Waals surface area contributed by atoms with Gasteiger partial charge in [-0.3, -0.25) is 0 Å². The predicted octanol–water partition coefficient (Wildman–Crippen LogP) is 3.83. The first kappa shape index (κ1) is 12.2. The molecule has 0 aliphatic carbocycles. The van der Waals surface area contributed by atoms with Gasteiger partial charge in [-0.2, -0.15) is 0 Å². The van der Waals surface area contributed by atoms with E-state index in [0.717, 1.165) is 5.56 Å². The second kappa shape index (κ2) is 5.26. The number of hydrogen-bond acceptors (Lipinski definition) is 1. The van der Waals surface area contributed by atoms with E-state index in [1.807, 2.05) is 0 Å². The maximum atomic E-state index is 13.2. The molecule has 0 saturated heterocycles. The molecule has 0 aliphatic heterocycles. The molecule has 0 bridgehead atoms. The standard InChI is InChI=1S/C13H12F2O/c1-9(13(15)8-10(2)14)7-11-3-5-12(16)6-4-11/h3-6,8,16H,1-2,7H2/b13-8+. The average molecular weight is 222 g/mol. The van der Waals surface area contributed by atoms with Crippen LogP contribution in [0.1, 0.15) is 5.56 Å². The second-order valence-corrected chi connectivity index (χ2v) is 3.39. The molecule has 0 atom stereocenters. The highest BCUT2D eigenvalue weighted by molar-refractivity contribution is 5.34. The molecule has 1 N–H and O–H groups in total. The summed E-state index contributed by atoms with van der Waals surface area (Å²) in [6.07, 6.45) is 0.957. The van der Waals surface area contributed by atoms with Crippen molar-refractivity contribution in [3.8, 4) is 5.75 Å². The third kappa shape index (κ3) is 3.69. The Kier molecular flexibility index (Phi) is 4.00. The number of allylic oxidation sites excluding steroid dienone is 4. The van der Waals surface area contributed by atoms with Crippen LogP contribution in [-0.4, -0.2) is 5.11 Å². The quantitative estimate of drug-likeness (QED) is 0.767. The van der Waals surface area contributed by atoms with E-state index in [2.05, 4.69) is 13.2 Å². The zero-order valence-corrected chi connectivity index (χ0v) is 8.71.